The van der Waals surface area contributed by atoms with E-state index < -0.39 is 6.10 Å². The number of hydrogen-bond donors (Lipinski definition) is 2. The SMILES string of the molecule is CCCCCCCCCCCC(=O)N(CCCCCCCC(C)CCCC)CC(O)CO. The van der Waals surface area contributed by atoms with Crippen LogP contribution in [0.5, 0.6) is 0 Å². The maximum absolute atomic E-state index is 12.7. The fraction of sp³-hybridized carbons (Fsp3) is 0.964. The van der Waals surface area contributed by atoms with Crippen LogP contribution in [0.4, 0.5) is 0 Å². The van der Waals surface area contributed by atoms with Gasteiger partial charge in [-0.15, -0.1) is 0 Å². The Morgan fingerprint density at radius 2 is 1.22 bits per heavy atom. The number of hydrogen-bond acceptors (Lipinski definition) is 3. The molecule has 0 aromatic rings. The normalized spacial score (nSPS) is 13.3. The highest BCUT2D eigenvalue weighted by Gasteiger charge is 2.16. The summed E-state index contributed by atoms with van der Waals surface area (Å²) in [6.45, 7) is 7.58. The van der Waals surface area contributed by atoms with Crippen molar-refractivity contribution in [3.63, 3.8) is 0 Å². The molecule has 0 fully saturated rings. The van der Waals surface area contributed by atoms with Crippen molar-refractivity contribution in [1.82, 2.24) is 4.90 Å². The van der Waals surface area contributed by atoms with Crippen LogP contribution in [-0.4, -0.2) is 46.8 Å². The molecule has 0 spiro atoms. The van der Waals surface area contributed by atoms with Gasteiger partial charge in [-0.2, -0.15) is 0 Å². The van der Waals surface area contributed by atoms with Crippen molar-refractivity contribution < 1.29 is 15.0 Å². The van der Waals surface area contributed by atoms with Gasteiger partial charge in [-0.05, 0) is 18.8 Å². The van der Waals surface area contributed by atoms with E-state index >= 15 is 0 Å². The molecule has 0 aliphatic heterocycles. The van der Waals surface area contributed by atoms with E-state index in [1.807, 2.05) is 0 Å². The quantitative estimate of drug-likeness (QED) is 0.151. The Morgan fingerprint density at radius 3 is 1.81 bits per heavy atom. The number of nitrogens with zero attached hydrogens (tertiary/aromatic N) is 1. The van der Waals surface area contributed by atoms with Crippen LogP contribution >= 0.6 is 0 Å². The van der Waals surface area contributed by atoms with Gasteiger partial charge in [0.25, 0.3) is 0 Å². The van der Waals surface area contributed by atoms with Gasteiger partial charge in [-0.1, -0.05) is 124 Å². The summed E-state index contributed by atoms with van der Waals surface area (Å²) < 4.78 is 0. The second-order valence-corrected chi connectivity index (χ2v) is 10.1. The van der Waals surface area contributed by atoms with Gasteiger partial charge in [0.15, 0.2) is 0 Å². The summed E-state index contributed by atoms with van der Waals surface area (Å²) in [5, 5.41) is 19.0. The molecule has 0 aromatic carbocycles. The topological polar surface area (TPSA) is 60.8 Å². The summed E-state index contributed by atoms with van der Waals surface area (Å²) in [4.78, 5) is 14.5. The van der Waals surface area contributed by atoms with Gasteiger partial charge in [-0.25, -0.2) is 0 Å². The monoisotopic (exact) mass is 455 g/mol. The maximum Gasteiger partial charge on any atom is 0.222 e. The number of carbonyl (C=O) groups is 1. The zero-order valence-electron chi connectivity index (χ0n) is 22.0. The molecule has 2 N–H and O–H groups in total. The van der Waals surface area contributed by atoms with Crippen LogP contribution in [0.2, 0.25) is 0 Å². The number of carbonyl (C=O) groups excluding carboxylic acids is 1. The van der Waals surface area contributed by atoms with Gasteiger partial charge in [0, 0.05) is 19.5 Å². The van der Waals surface area contributed by atoms with Crippen LogP contribution in [0, 0.1) is 5.92 Å². The Hall–Kier alpha value is -0.610. The maximum atomic E-state index is 12.7. The minimum Gasteiger partial charge on any atom is -0.394 e. The van der Waals surface area contributed by atoms with Crippen LogP contribution in [0.25, 0.3) is 0 Å². The molecule has 0 bridgehead atoms. The van der Waals surface area contributed by atoms with Crippen molar-refractivity contribution in [2.45, 2.75) is 149 Å². The predicted molar refractivity (Wildman–Crippen MR) is 138 cm³/mol. The number of amides is 1. The summed E-state index contributed by atoms with van der Waals surface area (Å²) in [5.41, 5.74) is 0. The third-order valence-corrected chi connectivity index (χ3v) is 6.66. The van der Waals surface area contributed by atoms with Gasteiger partial charge < -0.3 is 15.1 Å². The average Bonchev–Trinajstić information content (AvgIpc) is 2.79. The van der Waals surface area contributed by atoms with Crippen molar-refractivity contribution >= 4 is 5.91 Å². The molecule has 0 aromatic heterocycles. The highest BCUT2D eigenvalue weighted by molar-refractivity contribution is 5.76. The minimum absolute atomic E-state index is 0.144. The van der Waals surface area contributed by atoms with Crippen molar-refractivity contribution in [2.75, 3.05) is 19.7 Å². The summed E-state index contributed by atoms with van der Waals surface area (Å²) in [6, 6.07) is 0. The lowest BCUT2D eigenvalue weighted by Crippen LogP contribution is -2.39. The lowest BCUT2D eigenvalue weighted by Gasteiger charge is -2.25. The zero-order valence-corrected chi connectivity index (χ0v) is 22.0. The molecule has 1 amide bonds. The Kier molecular flexibility index (Phi) is 23.1. The second kappa shape index (κ2) is 23.5. The number of rotatable bonds is 24. The van der Waals surface area contributed by atoms with Gasteiger partial charge in [0.1, 0.15) is 0 Å². The minimum atomic E-state index is -0.827. The molecule has 0 aliphatic carbocycles. The third kappa shape index (κ3) is 20.0. The highest BCUT2D eigenvalue weighted by atomic mass is 16.3. The van der Waals surface area contributed by atoms with Crippen molar-refractivity contribution in [1.29, 1.82) is 0 Å². The average molecular weight is 456 g/mol. The van der Waals surface area contributed by atoms with E-state index in [1.54, 1.807) is 4.90 Å². The van der Waals surface area contributed by atoms with E-state index in [1.165, 1.54) is 89.9 Å². The smallest absolute Gasteiger partial charge is 0.222 e. The van der Waals surface area contributed by atoms with Gasteiger partial charge in [-0.3, -0.25) is 4.79 Å². The molecule has 4 heteroatoms. The van der Waals surface area contributed by atoms with Crippen LogP contribution in [-0.2, 0) is 4.79 Å². The Morgan fingerprint density at radius 1 is 0.719 bits per heavy atom. The molecule has 0 rings (SSSR count). The Bertz CT molecular complexity index is 402. The third-order valence-electron chi connectivity index (χ3n) is 6.66. The first kappa shape index (κ1) is 31.4. The molecule has 4 nitrogen and oxygen atoms in total. The summed E-state index contributed by atoms with van der Waals surface area (Å²) in [7, 11) is 0. The lowest BCUT2D eigenvalue weighted by molar-refractivity contribution is -0.133. The summed E-state index contributed by atoms with van der Waals surface area (Å²) >= 11 is 0. The molecule has 2 unspecified atom stereocenters. The molecule has 0 heterocycles. The Balaban J connectivity index is 3.94. The molecular formula is C28H57NO3. The van der Waals surface area contributed by atoms with E-state index in [2.05, 4.69) is 20.8 Å². The van der Waals surface area contributed by atoms with E-state index in [0.29, 0.717) is 13.0 Å². The lowest BCUT2D eigenvalue weighted by atomic mass is 9.97. The van der Waals surface area contributed by atoms with E-state index in [9.17, 15) is 15.0 Å². The van der Waals surface area contributed by atoms with Crippen LogP contribution in [0.15, 0.2) is 0 Å². The van der Waals surface area contributed by atoms with E-state index in [-0.39, 0.29) is 19.1 Å². The fourth-order valence-electron chi connectivity index (χ4n) is 4.40. The first-order chi connectivity index (χ1) is 15.5. The predicted octanol–water partition coefficient (Wildman–Crippen LogP) is 7.26. The standard InChI is InChI=1S/C28H57NO3/c1-4-6-8-9-10-11-12-15-18-22-28(32)29(24-27(31)25-30)23-19-16-13-14-17-21-26(3)20-7-5-2/h26-27,30-31H,4-25H2,1-3H3. The van der Waals surface area contributed by atoms with Gasteiger partial charge in [0.05, 0.1) is 12.7 Å². The molecule has 192 valence electrons. The van der Waals surface area contributed by atoms with Crippen molar-refractivity contribution in [3.05, 3.63) is 0 Å². The highest BCUT2D eigenvalue weighted by Crippen LogP contribution is 2.17. The molecular weight excluding hydrogens is 398 g/mol. The molecule has 0 saturated heterocycles. The van der Waals surface area contributed by atoms with Crippen LogP contribution < -0.4 is 0 Å². The summed E-state index contributed by atoms with van der Waals surface area (Å²) in [6.07, 6.45) is 22.3. The van der Waals surface area contributed by atoms with Crippen molar-refractivity contribution in [2.24, 2.45) is 5.92 Å². The first-order valence-electron chi connectivity index (χ1n) is 14.1. The van der Waals surface area contributed by atoms with Crippen LogP contribution in [0.3, 0.4) is 0 Å². The number of aliphatic hydroxyl groups is 2. The first-order valence-corrected chi connectivity index (χ1v) is 14.1. The molecule has 0 saturated carbocycles. The zero-order chi connectivity index (χ0) is 23.9. The molecule has 0 radical (unpaired) electrons. The van der Waals surface area contributed by atoms with E-state index in [0.717, 1.165) is 31.6 Å². The van der Waals surface area contributed by atoms with Crippen molar-refractivity contribution in [3.8, 4) is 0 Å². The van der Waals surface area contributed by atoms with Gasteiger partial charge >= 0.3 is 0 Å². The van der Waals surface area contributed by atoms with E-state index in [4.69, 9.17) is 0 Å². The fourth-order valence-corrected chi connectivity index (χ4v) is 4.40. The number of unbranched alkanes of at least 4 members (excludes halogenated alkanes) is 13. The second-order valence-electron chi connectivity index (χ2n) is 10.1. The largest absolute Gasteiger partial charge is 0.394 e. The Labute approximate surface area is 200 Å². The molecule has 0 aliphatic rings. The summed E-state index contributed by atoms with van der Waals surface area (Å²) in [5.74, 6) is 0.995. The van der Waals surface area contributed by atoms with Gasteiger partial charge in [0.2, 0.25) is 5.91 Å². The molecule has 32 heavy (non-hydrogen) atoms. The van der Waals surface area contributed by atoms with Crippen LogP contribution in [0.1, 0.15) is 143 Å². The number of aliphatic hydroxyl groups excluding tert-OH is 2. The molecule has 2 atom stereocenters.